The molecule has 0 aliphatic carbocycles. The van der Waals surface area contributed by atoms with Crippen LogP contribution in [0.1, 0.15) is 28.5 Å². The number of rotatable bonds is 5. The van der Waals surface area contributed by atoms with Gasteiger partial charge in [0, 0.05) is 12.1 Å². The molecule has 0 unspecified atom stereocenters. The Kier molecular flexibility index (Phi) is 4.85. The first kappa shape index (κ1) is 15.4. The van der Waals surface area contributed by atoms with Gasteiger partial charge >= 0.3 is 5.97 Å². The van der Waals surface area contributed by atoms with Gasteiger partial charge in [0.15, 0.2) is 0 Å². The molecule has 5 nitrogen and oxygen atoms in total. The van der Waals surface area contributed by atoms with Crippen molar-refractivity contribution in [3.63, 3.8) is 0 Å². The molecular weight excluding hydrogens is 292 g/mol. The van der Waals surface area contributed by atoms with Gasteiger partial charge in [0.2, 0.25) is 0 Å². The number of ether oxygens (including phenoxy) is 2. The number of hydrogen-bond acceptors (Lipinski definition) is 4. The molecule has 0 saturated heterocycles. The second-order valence-corrected chi connectivity index (χ2v) is 4.98. The Morgan fingerprint density at radius 1 is 1.43 bits per heavy atom. The lowest BCUT2D eigenvalue weighted by Gasteiger charge is -2.11. The lowest BCUT2D eigenvalue weighted by atomic mass is 10.2. The second kappa shape index (κ2) is 6.63. The molecule has 1 heterocycles. The van der Waals surface area contributed by atoms with Crippen LogP contribution in [0, 0.1) is 6.92 Å². The fourth-order valence-corrected chi connectivity index (χ4v) is 2.05. The van der Waals surface area contributed by atoms with Crippen LogP contribution in [0.2, 0.25) is 5.02 Å². The van der Waals surface area contributed by atoms with Crippen molar-refractivity contribution < 1.29 is 14.3 Å². The number of esters is 1. The summed E-state index contributed by atoms with van der Waals surface area (Å²) in [5, 5.41) is 4.68. The fourth-order valence-electron chi connectivity index (χ4n) is 1.89. The molecule has 0 amide bonds. The van der Waals surface area contributed by atoms with E-state index >= 15 is 0 Å². The molecule has 0 bridgehead atoms. The molecule has 0 spiro atoms. The quantitative estimate of drug-likeness (QED) is 0.796. The van der Waals surface area contributed by atoms with Gasteiger partial charge in [-0.15, -0.1) is 0 Å². The highest BCUT2D eigenvalue weighted by atomic mass is 35.5. The SMILES string of the molecule is CCOC(=O)c1cnn(C)c1COc1cc(Cl)ccc1C. The van der Waals surface area contributed by atoms with Crippen molar-refractivity contribution in [1.29, 1.82) is 0 Å². The molecule has 21 heavy (non-hydrogen) atoms. The highest BCUT2D eigenvalue weighted by molar-refractivity contribution is 6.30. The van der Waals surface area contributed by atoms with Crippen LogP contribution in [0.15, 0.2) is 24.4 Å². The summed E-state index contributed by atoms with van der Waals surface area (Å²) >= 11 is 5.96. The average Bonchev–Trinajstić information content (AvgIpc) is 2.81. The molecule has 0 aliphatic heterocycles. The normalized spacial score (nSPS) is 10.5. The third-order valence-electron chi connectivity index (χ3n) is 3.07. The summed E-state index contributed by atoms with van der Waals surface area (Å²) in [7, 11) is 1.76. The molecule has 6 heteroatoms. The smallest absolute Gasteiger partial charge is 0.341 e. The first-order chi connectivity index (χ1) is 10.0. The lowest BCUT2D eigenvalue weighted by molar-refractivity contribution is 0.0523. The second-order valence-electron chi connectivity index (χ2n) is 4.55. The van der Waals surface area contributed by atoms with Gasteiger partial charge in [0.1, 0.15) is 17.9 Å². The van der Waals surface area contributed by atoms with E-state index in [9.17, 15) is 4.79 Å². The van der Waals surface area contributed by atoms with Gasteiger partial charge in [-0.25, -0.2) is 4.79 Å². The highest BCUT2D eigenvalue weighted by Gasteiger charge is 2.17. The molecule has 0 aliphatic rings. The summed E-state index contributed by atoms with van der Waals surface area (Å²) in [6.07, 6.45) is 1.49. The lowest BCUT2D eigenvalue weighted by Crippen LogP contribution is -2.11. The topological polar surface area (TPSA) is 53.3 Å². The van der Waals surface area contributed by atoms with E-state index in [0.29, 0.717) is 28.6 Å². The van der Waals surface area contributed by atoms with Gasteiger partial charge in [0.05, 0.1) is 18.5 Å². The number of aromatic nitrogens is 2. The molecule has 0 fully saturated rings. The summed E-state index contributed by atoms with van der Waals surface area (Å²) in [5.41, 5.74) is 2.05. The van der Waals surface area contributed by atoms with Crippen LogP contribution < -0.4 is 4.74 Å². The fraction of sp³-hybridized carbons (Fsp3) is 0.333. The number of nitrogens with zero attached hydrogens (tertiary/aromatic N) is 2. The Labute approximate surface area is 128 Å². The number of carbonyl (C=O) groups is 1. The zero-order valence-electron chi connectivity index (χ0n) is 12.2. The van der Waals surface area contributed by atoms with Gasteiger partial charge in [-0.1, -0.05) is 17.7 Å². The summed E-state index contributed by atoms with van der Waals surface area (Å²) < 4.78 is 12.4. The average molecular weight is 309 g/mol. The Bertz CT molecular complexity index is 652. The Hall–Kier alpha value is -2.01. The van der Waals surface area contributed by atoms with Crippen molar-refractivity contribution in [2.24, 2.45) is 7.05 Å². The molecule has 0 saturated carbocycles. The Balaban J connectivity index is 2.18. The van der Waals surface area contributed by atoms with E-state index in [1.165, 1.54) is 6.20 Å². The van der Waals surface area contributed by atoms with Crippen LogP contribution in [0.4, 0.5) is 0 Å². The number of carbonyl (C=O) groups excluding carboxylic acids is 1. The van der Waals surface area contributed by atoms with E-state index in [1.807, 2.05) is 13.0 Å². The summed E-state index contributed by atoms with van der Waals surface area (Å²) in [4.78, 5) is 11.9. The van der Waals surface area contributed by atoms with Crippen LogP contribution in [0.3, 0.4) is 0 Å². The van der Waals surface area contributed by atoms with E-state index < -0.39 is 5.97 Å². The number of hydrogen-bond donors (Lipinski definition) is 0. The summed E-state index contributed by atoms with van der Waals surface area (Å²) in [5.74, 6) is 0.283. The van der Waals surface area contributed by atoms with Gasteiger partial charge in [-0.05, 0) is 31.5 Å². The predicted octanol–water partition coefficient (Wildman–Crippen LogP) is 3.14. The largest absolute Gasteiger partial charge is 0.487 e. The maximum absolute atomic E-state index is 11.9. The molecular formula is C15H17ClN2O3. The Morgan fingerprint density at radius 3 is 2.90 bits per heavy atom. The molecule has 2 rings (SSSR count). The van der Waals surface area contributed by atoms with E-state index in [2.05, 4.69) is 5.10 Å². The summed E-state index contributed by atoms with van der Waals surface area (Å²) in [6.45, 7) is 4.23. The maximum atomic E-state index is 11.9. The van der Waals surface area contributed by atoms with E-state index in [1.54, 1.807) is 30.8 Å². The number of halogens is 1. The van der Waals surface area contributed by atoms with Crippen LogP contribution >= 0.6 is 11.6 Å². The number of benzene rings is 1. The third kappa shape index (κ3) is 3.55. The van der Waals surface area contributed by atoms with Gasteiger partial charge in [-0.2, -0.15) is 5.10 Å². The van der Waals surface area contributed by atoms with Crippen molar-refractivity contribution in [3.05, 3.63) is 46.2 Å². The standard InChI is InChI=1S/C15H17ClN2O3/c1-4-20-15(19)12-8-17-18(3)13(12)9-21-14-7-11(16)6-5-10(14)2/h5-8H,4,9H2,1-3H3. The molecule has 1 aromatic heterocycles. The van der Waals surface area contributed by atoms with Gasteiger partial charge < -0.3 is 9.47 Å². The Morgan fingerprint density at radius 2 is 2.19 bits per heavy atom. The van der Waals surface area contributed by atoms with Crippen molar-refractivity contribution in [3.8, 4) is 5.75 Å². The van der Waals surface area contributed by atoms with Crippen molar-refractivity contribution in [2.45, 2.75) is 20.5 Å². The molecule has 1 aromatic carbocycles. The molecule has 0 radical (unpaired) electrons. The van der Waals surface area contributed by atoms with Gasteiger partial charge in [0.25, 0.3) is 0 Å². The summed E-state index contributed by atoms with van der Waals surface area (Å²) in [6, 6.07) is 5.43. The molecule has 0 N–H and O–H groups in total. The van der Waals surface area contributed by atoms with Crippen molar-refractivity contribution in [2.75, 3.05) is 6.61 Å². The minimum absolute atomic E-state index is 0.214. The van der Waals surface area contributed by atoms with Gasteiger partial charge in [-0.3, -0.25) is 4.68 Å². The first-order valence-electron chi connectivity index (χ1n) is 6.60. The monoisotopic (exact) mass is 308 g/mol. The predicted molar refractivity (Wildman–Crippen MR) is 79.7 cm³/mol. The minimum Gasteiger partial charge on any atom is -0.487 e. The van der Waals surface area contributed by atoms with E-state index in [0.717, 1.165) is 5.56 Å². The number of aryl methyl sites for hydroxylation is 2. The zero-order valence-corrected chi connectivity index (χ0v) is 13.0. The van der Waals surface area contributed by atoms with E-state index in [-0.39, 0.29) is 6.61 Å². The maximum Gasteiger partial charge on any atom is 0.341 e. The van der Waals surface area contributed by atoms with Crippen LogP contribution in [-0.4, -0.2) is 22.4 Å². The zero-order chi connectivity index (χ0) is 15.4. The molecule has 0 atom stereocenters. The molecule has 112 valence electrons. The third-order valence-corrected chi connectivity index (χ3v) is 3.31. The van der Waals surface area contributed by atoms with Crippen LogP contribution in [0.5, 0.6) is 5.75 Å². The minimum atomic E-state index is -0.396. The molecule has 2 aromatic rings. The van der Waals surface area contributed by atoms with Crippen LogP contribution in [0.25, 0.3) is 0 Å². The first-order valence-corrected chi connectivity index (χ1v) is 6.97. The van der Waals surface area contributed by atoms with E-state index in [4.69, 9.17) is 21.1 Å². The van der Waals surface area contributed by atoms with Crippen molar-refractivity contribution in [1.82, 2.24) is 9.78 Å². The highest BCUT2D eigenvalue weighted by Crippen LogP contribution is 2.24. The van der Waals surface area contributed by atoms with Crippen LogP contribution in [-0.2, 0) is 18.4 Å². The van der Waals surface area contributed by atoms with Crippen molar-refractivity contribution >= 4 is 17.6 Å².